The Morgan fingerprint density at radius 2 is 1.78 bits per heavy atom. The second kappa shape index (κ2) is 7.36. The minimum Gasteiger partial charge on any atom is -0.397 e. The lowest BCUT2D eigenvalue weighted by molar-refractivity contribution is 0.628. The maximum Gasteiger partial charge on any atom is 0.123 e. The van der Waals surface area contributed by atoms with Crippen molar-refractivity contribution in [1.29, 1.82) is 0 Å². The molecule has 23 heavy (non-hydrogen) atoms. The minimum absolute atomic E-state index is 0.205. The summed E-state index contributed by atoms with van der Waals surface area (Å²) in [5.74, 6) is -0.205. The molecular formula is C19H24FN3. The molecule has 3 rings (SSSR count). The number of nitrogen functional groups attached to an aromatic ring is 1. The van der Waals surface area contributed by atoms with Gasteiger partial charge >= 0.3 is 0 Å². The molecule has 1 aliphatic rings. The first kappa shape index (κ1) is 15.7. The van der Waals surface area contributed by atoms with E-state index in [1.165, 1.54) is 36.2 Å². The minimum atomic E-state index is -0.205. The highest BCUT2D eigenvalue weighted by molar-refractivity contribution is 5.68. The van der Waals surface area contributed by atoms with Crippen LogP contribution in [0.1, 0.15) is 24.8 Å². The van der Waals surface area contributed by atoms with Gasteiger partial charge in [0.25, 0.3) is 0 Å². The van der Waals surface area contributed by atoms with Crippen LogP contribution in [0.15, 0.2) is 42.5 Å². The SMILES string of the molecule is Nc1cc(CCCNc2ccc(F)cc2)ccc1N1CCCC1. The van der Waals surface area contributed by atoms with Crippen LogP contribution < -0.4 is 16.0 Å². The van der Waals surface area contributed by atoms with Crippen LogP contribution in [-0.2, 0) is 6.42 Å². The summed E-state index contributed by atoms with van der Waals surface area (Å²) in [4.78, 5) is 2.37. The van der Waals surface area contributed by atoms with E-state index in [4.69, 9.17) is 5.73 Å². The van der Waals surface area contributed by atoms with Crippen molar-refractivity contribution in [3.63, 3.8) is 0 Å². The van der Waals surface area contributed by atoms with Gasteiger partial charge in [0.1, 0.15) is 5.82 Å². The first-order chi connectivity index (χ1) is 11.2. The molecule has 3 nitrogen and oxygen atoms in total. The van der Waals surface area contributed by atoms with Gasteiger partial charge < -0.3 is 16.0 Å². The van der Waals surface area contributed by atoms with Crippen molar-refractivity contribution in [2.45, 2.75) is 25.7 Å². The lowest BCUT2D eigenvalue weighted by Crippen LogP contribution is -2.19. The second-order valence-electron chi connectivity index (χ2n) is 6.12. The Bertz CT molecular complexity index is 634. The smallest absolute Gasteiger partial charge is 0.123 e. The van der Waals surface area contributed by atoms with E-state index < -0.39 is 0 Å². The highest BCUT2D eigenvalue weighted by atomic mass is 19.1. The predicted octanol–water partition coefficient (Wildman–Crippen LogP) is 4.05. The summed E-state index contributed by atoms with van der Waals surface area (Å²) < 4.78 is 12.8. The van der Waals surface area contributed by atoms with E-state index in [2.05, 4.69) is 28.4 Å². The van der Waals surface area contributed by atoms with Gasteiger partial charge in [0.2, 0.25) is 0 Å². The topological polar surface area (TPSA) is 41.3 Å². The molecule has 0 spiro atoms. The number of nitrogens with one attached hydrogen (secondary N) is 1. The molecule has 4 heteroatoms. The van der Waals surface area contributed by atoms with Crippen molar-refractivity contribution in [1.82, 2.24) is 0 Å². The zero-order valence-electron chi connectivity index (χ0n) is 13.4. The van der Waals surface area contributed by atoms with Crippen LogP contribution in [0.4, 0.5) is 21.5 Å². The Labute approximate surface area is 137 Å². The Balaban J connectivity index is 1.48. The summed E-state index contributed by atoms with van der Waals surface area (Å²) in [6.45, 7) is 3.09. The number of hydrogen-bond donors (Lipinski definition) is 2. The van der Waals surface area contributed by atoms with Gasteiger partial charge in [-0.25, -0.2) is 4.39 Å². The lowest BCUT2D eigenvalue weighted by atomic mass is 10.1. The second-order valence-corrected chi connectivity index (χ2v) is 6.12. The van der Waals surface area contributed by atoms with Crippen LogP contribution in [0.2, 0.25) is 0 Å². The van der Waals surface area contributed by atoms with Crippen molar-refractivity contribution >= 4 is 17.1 Å². The summed E-state index contributed by atoms with van der Waals surface area (Å²) in [7, 11) is 0. The molecule has 0 aromatic heterocycles. The van der Waals surface area contributed by atoms with E-state index >= 15 is 0 Å². The summed E-state index contributed by atoms with van der Waals surface area (Å²) in [5, 5.41) is 3.31. The molecule has 1 fully saturated rings. The molecule has 0 amide bonds. The van der Waals surface area contributed by atoms with Crippen molar-refractivity contribution in [2.75, 3.05) is 35.6 Å². The average molecular weight is 313 g/mol. The highest BCUT2D eigenvalue weighted by Crippen LogP contribution is 2.27. The third-order valence-electron chi connectivity index (χ3n) is 4.35. The molecule has 122 valence electrons. The van der Waals surface area contributed by atoms with E-state index in [9.17, 15) is 4.39 Å². The zero-order valence-corrected chi connectivity index (χ0v) is 13.4. The third kappa shape index (κ3) is 4.15. The molecule has 1 saturated heterocycles. The molecule has 1 aliphatic heterocycles. The fraction of sp³-hybridized carbons (Fsp3) is 0.368. The van der Waals surface area contributed by atoms with Gasteiger partial charge in [-0.15, -0.1) is 0 Å². The molecule has 0 bridgehead atoms. The van der Waals surface area contributed by atoms with Gasteiger partial charge in [0, 0.05) is 25.3 Å². The number of anilines is 3. The molecule has 2 aromatic carbocycles. The summed E-state index contributed by atoms with van der Waals surface area (Å²) in [6, 6.07) is 12.9. The van der Waals surface area contributed by atoms with Gasteiger partial charge in [0.05, 0.1) is 11.4 Å². The van der Waals surface area contributed by atoms with Crippen molar-refractivity contribution in [3.05, 3.63) is 53.8 Å². The van der Waals surface area contributed by atoms with Gasteiger partial charge in [-0.3, -0.25) is 0 Å². The zero-order chi connectivity index (χ0) is 16.1. The number of hydrogen-bond acceptors (Lipinski definition) is 3. The van der Waals surface area contributed by atoms with Crippen LogP contribution in [0.5, 0.6) is 0 Å². The molecule has 0 unspecified atom stereocenters. The number of benzene rings is 2. The van der Waals surface area contributed by atoms with Gasteiger partial charge in [0.15, 0.2) is 0 Å². The molecular weight excluding hydrogens is 289 g/mol. The third-order valence-corrected chi connectivity index (χ3v) is 4.35. The number of aryl methyl sites for hydroxylation is 1. The molecule has 1 heterocycles. The molecule has 0 radical (unpaired) electrons. The van der Waals surface area contributed by atoms with Gasteiger partial charge in [-0.05, 0) is 67.6 Å². The van der Waals surface area contributed by atoms with Crippen LogP contribution in [0, 0.1) is 5.82 Å². The Morgan fingerprint density at radius 3 is 2.48 bits per heavy atom. The maximum atomic E-state index is 12.8. The Morgan fingerprint density at radius 1 is 1.04 bits per heavy atom. The highest BCUT2D eigenvalue weighted by Gasteiger charge is 2.14. The van der Waals surface area contributed by atoms with Crippen LogP contribution in [0.3, 0.4) is 0 Å². The molecule has 0 atom stereocenters. The van der Waals surface area contributed by atoms with Crippen LogP contribution >= 0.6 is 0 Å². The monoisotopic (exact) mass is 313 g/mol. The fourth-order valence-electron chi connectivity index (χ4n) is 3.10. The molecule has 0 saturated carbocycles. The van der Waals surface area contributed by atoms with Gasteiger partial charge in [-0.2, -0.15) is 0 Å². The largest absolute Gasteiger partial charge is 0.397 e. The van der Waals surface area contributed by atoms with E-state index in [0.717, 1.165) is 43.9 Å². The first-order valence-corrected chi connectivity index (χ1v) is 8.35. The number of rotatable bonds is 6. The number of nitrogens with two attached hydrogens (primary N) is 1. The van der Waals surface area contributed by atoms with Crippen molar-refractivity contribution < 1.29 is 4.39 Å². The van der Waals surface area contributed by atoms with Crippen LogP contribution in [0.25, 0.3) is 0 Å². The normalized spacial score (nSPS) is 14.2. The maximum absolute atomic E-state index is 12.8. The molecule has 2 aromatic rings. The van der Waals surface area contributed by atoms with E-state index in [-0.39, 0.29) is 5.82 Å². The summed E-state index contributed by atoms with van der Waals surface area (Å²) >= 11 is 0. The van der Waals surface area contributed by atoms with E-state index in [0.29, 0.717) is 0 Å². The quantitative estimate of drug-likeness (QED) is 0.624. The lowest BCUT2D eigenvalue weighted by Gasteiger charge is -2.20. The van der Waals surface area contributed by atoms with E-state index in [1.54, 1.807) is 12.1 Å². The van der Waals surface area contributed by atoms with Crippen molar-refractivity contribution in [3.8, 4) is 0 Å². The Hall–Kier alpha value is -2.23. The standard InChI is InChI=1S/C19H24FN3/c20-16-6-8-17(9-7-16)22-11-3-4-15-5-10-19(18(21)14-15)23-12-1-2-13-23/h5-10,14,22H,1-4,11-13,21H2. The number of halogens is 1. The van der Waals surface area contributed by atoms with Crippen molar-refractivity contribution in [2.24, 2.45) is 0 Å². The Kier molecular flexibility index (Phi) is 5.01. The molecule has 3 N–H and O–H groups in total. The average Bonchev–Trinajstić information content (AvgIpc) is 3.07. The first-order valence-electron chi connectivity index (χ1n) is 8.35. The predicted molar refractivity (Wildman–Crippen MR) is 95.5 cm³/mol. The summed E-state index contributed by atoms with van der Waals surface area (Å²) in [6.07, 6.45) is 4.52. The fourth-order valence-corrected chi connectivity index (χ4v) is 3.10. The summed E-state index contributed by atoms with van der Waals surface area (Å²) in [5.41, 5.74) is 10.5. The van der Waals surface area contributed by atoms with Gasteiger partial charge in [-0.1, -0.05) is 6.07 Å². The molecule has 0 aliphatic carbocycles. The number of nitrogens with zero attached hydrogens (tertiary/aromatic N) is 1. The van der Waals surface area contributed by atoms with Crippen LogP contribution in [-0.4, -0.2) is 19.6 Å². The van der Waals surface area contributed by atoms with E-state index in [1.807, 2.05) is 0 Å².